The van der Waals surface area contributed by atoms with E-state index in [4.69, 9.17) is 5.73 Å². The van der Waals surface area contributed by atoms with E-state index in [1.54, 1.807) is 9.36 Å². The normalized spacial score (nSPS) is 12.8. The lowest BCUT2D eigenvalue weighted by molar-refractivity contribution is -0.614. The Balaban J connectivity index is 1.71. The number of aliphatic imine (C=N–C) groups is 1. The van der Waals surface area contributed by atoms with Crippen molar-refractivity contribution in [3.05, 3.63) is 66.2 Å². The highest BCUT2D eigenvalue weighted by Crippen LogP contribution is 2.19. The molecule has 1 aliphatic heterocycles. The van der Waals surface area contributed by atoms with Gasteiger partial charge in [-0.15, -0.1) is 14.4 Å². The van der Waals surface area contributed by atoms with Crippen LogP contribution in [0.4, 0.5) is 17.6 Å². The lowest BCUT2D eigenvalue weighted by Crippen LogP contribution is -2.43. The molecule has 2 aromatic carbocycles. The lowest BCUT2D eigenvalue weighted by Gasteiger charge is -2.03. The average molecular weight is 291 g/mol. The molecule has 0 atom stereocenters. The van der Waals surface area contributed by atoms with Gasteiger partial charge in [0.05, 0.1) is 5.69 Å². The summed E-state index contributed by atoms with van der Waals surface area (Å²) in [6.45, 7) is 0.618. The van der Waals surface area contributed by atoms with Gasteiger partial charge in [-0.2, -0.15) is 0 Å². The van der Waals surface area contributed by atoms with Gasteiger partial charge in [-0.1, -0.05) is 48.5 Å². The zero-order chi connectivity index (χ0) is 14.9. The Kier molecular flexibility index (Phi) is 2.86. The first kappa shape index (κ1) is 12.6. The molecule has 22 heavy (non-hydrogen) atoms. The molecular weight excluding hydrogens is 276 g/mol. The van der Waals surface area contributed by atoms with Crippen molar-refractivity contribution < 1.29 is 4.68 Å². The Hall–Kier alpha value is -3.15. The number of hydrogen-bond donors (Lipinski definition) is 2. The number of nitrogens with two attached hydrogens (primary N) is 1. The van der Waals surface area contributed by atoms with Crippen LogP contribution in [-0.2, 0) is 6.54 Å². The van der Waals surface area contributed by atoms with E-state index in [9.17, 15) is 0 Å². The molecule has 0 amide bonds. The van der Waals surface area contributed by atoms with Crippen LogP contribution in [-0.4, -0.2) is 15.5 Å². The summed E-state index contributed by atoms with van der Waals surface area (Å²) in [6, 6.07) is 19.9. The van der Waals surface area contributed by atoms with Crippen molar-refractivity contribution in [3.8, 4) is 0 Å². The predicted molar refractivity (Wildman–Crippen MR) is 84.9 cm³/mol. The SMILES string of the molecule is Nc1nn2c([n+]1Nc1ccccc1)N=C(c1ccccc1)C2. The molecule has 0 fully saturated rings. The van der Waals surface area contributed by atoms with Crippen LogP contribution in [0.1, 0.15) is 5.56 Å². The van der Waals surface area contributed by atoms with E-state index in [2.05, 4.69) is 15.5 Å². The third-order valence-electron chi connectivity index (χ3n) is 3.54. The van der Waals surface area contributed by atoms with Gasteiger partial charge in [-0.05, 0) is 12.1 Å². The molecule has 0 bridgehead atoms. The van der Waals surface area contributed by atoms with Crippen LogP contribution in [0, 0.1) is 0 Å². The van der Waals surface area contributed by atoms with Gasteiger partial charge >= 0.3 is 11.9 Å². The molecule has 3 N–H and O–H groups in total. The molecule has 3 aromatic rings. The molecule has 0 unspecified atom stereocenters. The number of fused-ring (bicyclic) bond motifs is 1. The van der Waals surface area contributed by atoms with Crippen molar-refractivity contribution in [2.24, 2.45) is 4.99 Å². The van der Waals surface area contributed by atoms with Gasteiger partial charge in [-0.25, -0.2) is 0 Å². The van der Waals surface area contributed by atoms with Crippen LogP contribution < -0.4 is 15.8 Å². The fraction of sp³-hybridized carbons (Fsp3) is 0.0625. The first-order valence-electron chi connectivity index (χ1n) is 7.05. The van der Waals surface area contributed by atoms with E-state index in [0.717, 1.165) is 17.0 Å². The number of nitrogens with zero attached hydrogens (tertiary/aromatic N) is 4. The standard InChI is InChI=1S/C16H15N6/c17-15-20-21-11-14(12-7-3-1-4-8-12)18-16(21)22(15)19-13-9-5-2-6-10-13/h1-10,19H,11H2,(H2,17,20)/q+1. The van der Waals surface area contributed by atoms with Gasteiger partial charge in [0, 0.05) is 10.7 Å². The van der Waals surface area contributed by atoms with E-state index < -0.39 is 0 Å². The number of hydrogen-bond acceptors (Lipinski definition) is 4. The fourth-order valence-electron chi connectivity index (χ4n) is 2.48. The molecule has 6 heteroatoms. The average Bonchev–Trinajstić information content (AvgIpc) is 3.09. The number of benzene rings is 2. The summed E-state index contributed by atoms with van der Waals surface area (Å²) in [5.41, 5.74) is 12.2. The molecule has 1 aromatic heterocycles. The summed E-state index contributed by atoms with van der Waals surface area (Å²) in [5, 5.41) is 4.34. The van der Waals surface area contributed by atoms with Crippen molar-refractivity contribution in [1.82, 2.24) is 9.78 Å². The molecule has 2 heterocycles. The number of nitrogen functional groups attached to an aromatic ring is 1. The van der Waals surface area contributed by atoms with E-state index in [0.29, 0.717) is 18.4 Å². The molecule has 0 saturated heterocycles. The molecule has 0 saturated carbocycles. The third kappa shape index (κ3) is 2.10. The van der Waals surface area contributed by atoms with Gasteiger partial charge in [-0.3, -0.25) is 5.43 Å². The molecule has 6 nitrogen and oxygen atoms in total. The third-order valence-corrected chi connectivity index (χ3v) is 3.54. The van der Waals surface area contributed by atoms with Gasteiger partial charge in [0.1, 0.15) is 12.3 Å². The molecule has 0 aliphatic carbocycles. The first-order chi connectivity index (χ1) is 10.8. The largest absolute Gasteiger partial charge is 0.376 e. The minimum absolute atomic E-state index is 0.384. The highest BCUT2D eigenvalue weighted by Gasteiger charge is 2.30. The number of nitrogens with one attached hydrogen (secondary N) is 1. The minimum Gasteiger partial charge on any atom is -0.316 e. The summed E-state index contributed by atoms with van der Waals surface area (Å²) in [7, 11) is 0. The second kappa shape index (κ2) is 5.00. The number of anilines is 2. The molecule has 1 aliphatic rings. The second-order valence-corrected chi connectivity index (χ2v) is 5.05. The summed E-state index contributed by atoms with van der Waals surface area (Å²) >= 11 is 0. The minimum atomic E-state index is 0.384. The first-order valence-corrected chi connectivity index (χ1v) is 7.05. The summed E-state index contributed by atoms with van der Waals surface area (Å²) in [4.78, 5) is 4.68. The van der Waals surface area contributed by atoms with Crippen LogP contribution in [0.25, 0.3) is 0 Å². The smallest absolute Gasteiger partial charge is 0.316 e. The van der Waals surface area contributed by atoms with Crippen molar-refractivity contribution in [3.63, 3.8) is 0 Å². The maximum atomic E-state index is 5.98. The van der Waals surface area contributed by atoms with Gasteiger partial charge in [0.25, 0.3) is 0 Å². The highest BCUT2D eigenvalue weighted by atomic mass is 15.6. The molecule has 0 spiro atoms. The van der Waals surface area contributed by atoms with Crippen LogP contribution >= 0.6 is 0 Å². The highest BCUT2D eigenvalue weighted by molar-refractivity contribution is 6.02. The molecule has 4 rings (SSSR count). The Morgan fingerprint density at radius 1 is 1.00 bits per heavy atom. The maximum Gasteiger partial charge on any atom is 0.376 e. The maximum absolute atomic E-state index is 5.98. The fourth-order valence-corrected chi connectivity index (χ4v) is 2.48. The van der Waals surface area contributed by atoms with Crippen molar-refractivity contribution in [2.75, 3.05) is 11.2 Å². The number of para-hydroxylation sites is 1. The summed E-state index contributed by atoms with van der Waals surface area (Å²) < 4.78 is 3.50. The Morgan fingerprint density at radius 2 is 1.68 bits per heavy atom. The van der Waals surface area contributed by atoms with Gasteiger partial charge in [0.15, 0.2) is 0 Å². The molecular formula is C16H15N6+. The molecule has 108 valence electrons. The van der Waals surface area contributed by atoms with Crippen LogP contribution in [0.2, 0.25) is 0 Å². The zero-order valence-corrected chi connectivity index (χ0v) is 11.8. The van der Waals surface area contributed by atoms with Gasteiger partial charge in [0.2, 0.25) is 0 Å². The Morgan fingerprint density at radius 3 is 2.41 bits per heavy atom. The monoisotopic (exact) mass is 291 g/mol. The number of rotatable bonds is 3. The summed E-state index contributed by atoms with van der Waals surface area (Å²) in [6.07, 6.45) is 0. The lowest BCUT2D eigenvalue weighted by atomic mass is 10.1. The van der Waals surface area contributed by atoms with Crippen LogP contribution in [0.5, 0.6) is 0 Å². The van der Waals surface area contributed by atoms with Crippen LogP contribution in [0.3, 0.4) is 0 Å². The molecule has 0 radical (unpaired) electrons. The quantitative estimate of drug-likeness (QED) is 0.722. The Bertz CT molecular complexity index is 836. The zero-order valence-electron chi connectivity index (χ0n) is 11.8. The van der Waals surface area contributed by atoms with Crippen molar-refractivity contribution in [2.45, 2.75) is 6.54 Å². The van der Waals surface area contributed by atoms with Crippen molar-refractivity contribution >= 4 is 23.3 Å². The second-order valence-electron chi connectivity index (χ2n) is 5.05. The van der Waals surface area contributed by atoms with E-state index in [-0.39, 0.29) is 0 Å². The van der Waals surface area contributed by atoms with Crippen LogP contribution in [0.15, 0.2) is 65.7 Å². The van der Waals surface area contributed by atoms with E-state index in [1.807, 2.05) is 60.7 Å². The topological polar surface area (TPSA) is 72.1 Å². The van der Waals surface area contributed by atoms with Gasteiger partial charge < -0.3 is 5.73 Å². The Labute approximate surface area is 127 Å². The van der Waals surface area contributed by atoms with E-state index >= 15 is 0 Å². The predicted octanol–water partition coefficient (Wildman–Crippen LogP) is 1.76. The van der Waals surface area contributed by atoms with E-state index in [1.165, 1.54) is 0 Å². The van der Waals surface area contributed by atoms with Crippen molar-refractivity contribution in [1.29, 1.82) is 0 Å². The number of aromatic nitrogens is 3. The summed E-state index contributed by atoms with van der Waals surface area (Å²) in [5.74, 6) is 1.08.